The molecule has 158 valence electrons. The van der Waals surface area contributed by atoms with Gasteiger partial charge in [0, 0.05) is 6.54 Å². The normalized spacial score (nSPS) is 26.4. The number of nitrogens with zero attached hydrogens (tertiary/aromatic N) is 1. The molecular weight excluding hydrogens is 398 g/mol. The highest BCUT2D eigenvalue weighted by atomic mass is 32.2. The van der Waals surface area contributed by atoms with Gasteiger partial charge in [-0.05, 0) is 67.0 Å². The summed E-state index contributed by atoms with van der Waals surface area (Å²) in [5, 5.41) is 14.6. The number of nitrogens with one attached hydrogen (secondary N) is 2. The standard InChI is InChI=1S/C19H25N3O6S/c1-27-15-8-6-14(7-9-15)16-17(29-19(24)21-16)18(23)20-10-12-2-4-13(5-3-12)11-28-22(25)26/h6-9,12-13,16-17H,2-5,10-11H2,1H3,(H,20,23)(H,21,24). The van der Waals surface area contributed by atoms with Crippen molar-refractivity contribution in [2.75, 3.05) is 20.3 Å². The molecule has 2 fully saturated rings. The molecule has 3 rings (SSSR count). The van der Waals surface area contributed by atoms with Gasteiger partial charge in [0.2, 0.25) is 5.91 Å². The molecule has 2 unspecified atom stereocenters. The van der Waals surface area contributed by atoms with Gasteiger partial charge in [-0.3, -0.25) is 9.59 Å². The van der Waals surface area contributed by atoms with Gasteiger partial charge in [-0.2, -0.15) is 0 Å². The van der Waals surface area contributed by atoms with Crippen LogP contribution in [0.2, 0.25) is 0 Å². The van der Waals surface area contributed by atoms with E-state index in [-0.39, 0.29) is 29.7 Å². The molecule has 2 amide bonds. The van der Waals surface area contributed by atoms with Gasteiger partial charge in [0.25, 0.3) is 10.3 Å². The van der Waals surface area contributed by atoms with Crippen LogP contribution in [0.1, 0.15) is 37.3 Å². The fourth-order valence-electron chi connectivity index (χ4n) is 3.81. The fourth-order valence-corrected chi connectivity index (χ4v) is 4.79. The number of thioether (sulfide) groups is 1. The zero-order valence-electron chi connectivity index (χ0n) is 16.2. The van der Waals surface area contributed by atoms with Crippen molar-refractivity contribution in [2.45, 2.75) is 37.0 Å². The SMILES string of the molecule is COc1ccc(C2NC(=O)SC2C(=O)NCC2CCC(CO[N+](=O)[O-])CC2)cc1. The zero-order chi connectivity index (χ0) is 20.8. The van der Waals surface area contributed by atoms with Gasteiger partial charge >= 0.3 is 0 Å². The minimum Gasteiger partial charge on any atom is -0.497 e. The summed E-state index contributed by atoms with van der Waals surface area (Å²) in [6.45, 7) is 0.685. The molecule has 1 aliphatic carbocycles. The van der Waals surface area contributed by atoms with E-state index in [1.54, 1.807) is 19.2 Å². The third-order valence-electron chi connectivity index (χ3n) is 5.49. The lowest BCUT2D eigenvalue weighted by molar-refractivity contribution is -0.759. The number of benzene rings is 1. The summed E-state index contributed by atoms with van der Waals surface area (Å²) in [7, 11) is 1.58. The van der Waals surface area contributed by atoms with Gasteiger partial charge in [-0.25, -0.2) is 0 Å². The van der Waals surface area contributed by atoms with Crippen molar-refractivity contribution in [1.82, 2.24) is 10.6 Å². The van der Waals surface area contributed by atoms with E-state index in [2.05, 4.69) is 15.5 Å². The van der Waals surface area contributed by atoms with Crippen molar-refractivity contribution in [3.63, 3.8) is 0 Å². The van der Waals surface area contributed by atoms with Crippen LogP contribution < -0.4 is 15.4 Å². The van der Waals surface area contributed by atoms with Crippen LogP contribution in [-0.4, -0.2) is 41.7 Å². The third kappa shape index (κ3) is 5.75. The van der Waals surface area contributed by atoms with E-state index in [1.165, 1.54) is 0 Å². The highest BCUT2D eigenvalue weighted by Crippen LogP contribution is 2.35. The minimum absolute atomic E-state index is 0.141. The van der Waals surface area contributed by atoms with Gasteiger partial charge in [0.15, 0.2) is 0 Å². The highest BCUT2D eigenvalue weighted by molar-refractivity contribution is 8.15. The molecule has 2 atom stereocenters. The molecule has 0 bridgehead atoms. The van der Waals surface area contributed by atoms with E-state index in [0.717, 1.165) is 43.0 Å². The molecule has 1 saturated heterocycles. The van der Waals surface area contributed by atoms with E-state index in [4.69, 9.17) is 4.74 Å². The molecule has 1 saturated carbocycles. The van der Waals surface area contributed by atoms with E-state index >= 15 is 0 Å². The van der Waals surface area contributed by atoms with Gasteiger partial charge < -0.3 is 20.2 Å². The molecule has 0 aromatic heterocycles. The lowest BCUT2D eigenvalue weighted by Crippen LogP contribution is -2.39. The second-order valence-electron chi connectivity index (χ2n) is 7.37. The first-order valence-corrected chi connectivity index (χ1v) is 10.5. The predicted molar refractivity (Wildman–Crippen MR) is 107 cm³/mol. The average Bonchev–Trinajstić information content (AvgIpc) is 3.13. The summed E-state index contributed by atoms with van der Waals surface area (Å²) in [4.78, 5) is 39.4. The molecule has 1 heterocycles. The first-order chi connectivity index (χ1) is 14.0. The van der Waals surface area contributed by atoms with Crippen molar-refractivity contribution in [3.8, 4) is 5.75 Å². The second-order valence-corrected chi connectivity index (χ2v) is 8.49. The summed E-state index contributed by atoms with van der Waals surface area (Å²) in [6, 6.07) is 6.93. The summed E-state index contributed by atoms with van der Waals surface area (Å²) >= 11 is 1.01. The molecule has 10 heteroatoms. The first kappa shape index (κ1) is 21.2. The largest absolute Gasteiger partial charge is 0.497 e. The zero-order valence-corrected chi connectivity index (χ0v) is 17.0. The lowest BCUT2D eigenvalue weighted by atomic mass is 9.82. The van der Waals surface area contributed by atoms with Crippen LogP contribution in [-0.2, 0) is 9.63 Å². The number of amides is 2. The Balaban J connectivity index is 1.49. The number of hydrogen-bond acceptors (Lipinski definition) is 7. The van der Waals surface area contributed by atoms with Crippen molar-refractivity contribution >= 4 is 22.9 Å². The molecule has 0 radical (unpaired) electrons. The Morgan fingerprint density at radius 2 is 1.90 bits per heavy atom. The van der Waals surface area contributed by atoms with E-state index < -0.39 is 10.3 Å². The number of methoxy groups -OCH3 is 1. The maximum absolute atomic E-state index is 12.7. The van der Waals surface area contributed by atoms with Crippen LogP contribution in [0.3, 0.4) is 0 Å². The Morgan fingerprint density at radius 1 is 1.24 bits per heavy atom. The van der Waals surface area contributed by atoms with Crippen LogP contribution in [0.4, 0.5) is 4.79 Å². The number of rotatable bonds is 8. The quantitative estimate of drug-likeness (QED) is 0.487. The highest BCUT2D eigenvalue weighted by Gasteiger charge is 2.39. The molecule has 29 heavy (non-hydrogen) atoms. The molecule has 0 spiro atoms. The monoisotopic (exact) mass is 423 g/mol. The Kier molecular flexibility index (Phi) is 7.18. The maximum Gasteiger partial charge on any atom is 0.294 e. The second kappa shape index (κ2) is 9.82. The lowest BCUT2D eigenvalue weighted by Gasteiger charge is -2.28. The summed E-state index contributed by atoms with van der Waals surface area (Å²) in [5.41, 5.74) is 0.857. The van der Waals surface area contributed by atoms with Crippen molar-refractivity contribution < 1.29 is 24.3 Å². The smallest absolute Gasteiger partial charge is 0.294 e. The summed E-state index contributed by atoms with van der Waals surface area (Å²) in [5.74, 6) is 1.08. The van der Waals surface area contributed by atoms with Gasteiger partial charge in [0.1, 0.15) is 11.0 Å². The summed E-state index contributed by atoms with van der Waals surface area (Å²) < 4.78 is 5.15. The van der Waals surface area contributed by atoms with Crippen LogP contribution in [0.25, 0.3) is 0 Å². The van der Waals surface area contributed by atoms with Crippen LogP contribution >= 0.6 is 11.8 Å². The van der Waals surface area contributed by atoms with Crippen molar-refractivity contribution in [2.24, 2.45) is 11.8 Å². The van der Waals surface area contributed by atoms with Crippen molar-refractivity contribution in [1.29, 1.82) is 0 Å². The number of hydrogen-bond donors (Lipinski definition) is 2. The maximum atomic E-state index is 12.7. The number of ether oxygens (including phenoxy) is 1. The van der Waals surface area contributed by atoms with Gasteiger partial charge in [-0.15, -0.1) is 10.1 Å². The molecule has 1 aromatic carbocycles. The van der Waals surface area contributed by atoms with E-state index in [0.29, 0.717) is 18.2 Å². The molecule has 2 aliphatic rings. The Hall–Kier alpha value is -2.49. The molecule has 9 nitrogen and oxygen atoms in total. The fraction of sp³-hybridized carbons (Fsp3) is 0.579. The predicted octanol–water partition coefficient (Wildman–Crippen LogP) is 2.69. The van der Waals surface area contributed by atoms with Gasteiger partial charge in [0.05, 0.1) is 19.8 Å². The van der Waals surface area contributed by atoms with Gasteiger partial charge in [-0.1, -0.05) is 12.1 Å². The van der Waals surface area contributed by atoms with Crippen molar-refractivity contribution in [3.05, 3.63) is 39.9 Å². The Bertz CT molecular complexity index is 736. The van der Waals surface area contributed by atoms with E-state index in [9.17, 15) is 19.7 Å². The Morgan fingerprint density at radius 3 is 2.52 bits per heavy atom. The average molecular weight is 423 g/mol. The molecular formula is C19H25N3O6S. The molecule has 1 aliphatic heterocycles. The topological polar surface area (TPSA) is 120 Å². The number of carbonyl (C=O) groups excluding carboxylic acids is 2. The summed E-state index contributed by atoms with van der Waals surface area (Å²) in [6.07, 6.45) is 3.48. The minimum atomic E-state index is -0.750. The molecule has 1 aromatic rings. The number of carbonyl (C=O) groups is 2. The van der Waals surface area contributed by atoms with Crippen LogP contribution in [0.5, 0.6) is 5.75 Å². The first-order valence-electron chi connectivity index (χ1n) is 9.62. The van der Waals surface area contributed by atoms with Crippen LogP contribution in [0, 0.1) is 22.0 Å². The molecule has 2 N–H and O–H groups in total. The Labute approximate surface area is 173 Å². The third-order valence-corrected chi connectivity index (χ3v) is 6.56. The van der Waals surface area contributed by atoms with Crippen LogP contribution in [0.15, 0.2) is 24.3 Å². The van der Waals surface area contributed by atoms with E-state index in [1.807, 2.05) is 12.1 Å².